The quantitative estimate of drug-likeness (QED) is 0.827. The number of nitrogens with one attached hydrogen (secondary N) is 2. The van der Waals surface area contributed by atoms with E-state index < -0.39 is 0 Å². The molecule has 2 aromatic heterocycles. The summed E-state index contributed by atoms with van der Waals surface area (Å²) in [7, 11) is 0. The minimum absolute atomic E-state index is 0.0189. The summed E-state index contributed by atoms with van der Waals surface area (Å²) in [4.78, 5) is 19.2. The minimum atomic E-state index is -0.161. The second-order valence-electron chi connectivity index (χ2n) is 4.98. The van der Waals surface area contributed by atoms with E-state index in [9.17, 15) is 4.79 Å². The number of H-pyrrole nitrogens is 1. The Morgan fingerprint density at radius 1 is 1.48 bits per heavy atom. The molecular formula is C16H17N3O2. The lowest BCUT2D eigenvalue weighted by atomic mass is 10.1. The maximum absolute atomic E-state index is 12.1. The van der Waals surface area contributed by atoms with Crippen molar-refractivity contribution < 1.29 is 9.53 Å². The van der Waals surface area contributed by atoms with Gasteiger partial charge < -0.3 is 15.0 Å². The molecular weight excluding hydrogens is 266 g/mol. The third-order valence-electron chi connectivity index (χ3n) is 3.50. The second-order valence-corrected chi connectivity index (χ2v) is 4.98. The van der Waals surface area contributed by atoms with Crippen molar-refractivity contribution >= 4 is 16.8 Å². The Morgan fingerprint density at radius 3 is 3.29 bits per heavy atom. The van der Waals surface area contributed by atoms with Crippen LogP contribution in [0, 0.1) is 11.8 Å². The highest BCUT2D eigenvalue weighted by Crippen LogP contribution is 2.15. The molecule has 1 atom stereocenters. The van der Waals surface area contributed by atoms with Crippen molar-refractivity contribution in [2.24, 2.45) is 0 Å². The van der Waals surface area contributed by atoms with Gasteiger partial charge in [-0.2, -0.15) is 0 Å². The largest absolute Gasteiger partial charge is 0.366 e. The highest BCUT2D eigenvalue weighted by atomic mass is 16.5. The standard InChI is InChI=1S/C16H17N3O2/c20-16(14-10-17-11-15-13(14)6-8-18-15)19-7-3-5-12-4-1-2-9-21-12/h6,8,10-12,18H,1-2,4,7,9H2,(H,19,20). The van der Waals surface area contributed by atoms with Gasteiger partial charge in [0.2, 0.25) is 0 Å². The summed E-state index contributed by atoms with van der Waals surface area (Å²) in [6, 6.07) is 1.87. The summed E-state index contributed by atoms with van der Waals surface area (Å²) in [5.41, 5.74) is 1.41. The molecule has 5 heteroatoms. The Kier molecular flexibility index (Phi) is 4.17. The van der Waals surface area contributed by atoms with Crippen LogP contribution in [-0.2, 0) is 4.74 Å². The maximum atomic E-state index is 12.1. The molecule has 1 aliphatic rings. The molecule has 0 bridgehead atoms. The number of fused-ring (bicyclic) bond motifs is 1. The monoisotopic (exact) mass is 283 g/mol. The van der Waals surface area contributed by atoms with Crippen LogP contribution in [0.3, 0.4) is 0 Å². The average molecular weight is 283 g/mol. The van der Waals surface area contributed by atoms with Crippen molar-refractivity contribution in [3.63, 3.8) is 0 Å². The summed E-state index contributed by atoms with van der Waals surface area (Å²) >= 11 is 0. The molecule has 0 spiro atoms. The van der Waals surface area contributed by atoms with E-state index in [1.165, 1.54) is 0 Å². The fraction of sp³-hybridized carbons (Fsp3) is 0.375. The van der Waals surface area contributed by atoms with Crippen LogP contribution >= 0.6 is 0 Å². The van der Waals surface area contributed by atoms with Crippen molar-refractivity contribution in [2.45, 2.75) is 25.4 Å². The first-order valence-corrected chi connectivity index (χ1v) is 7.14. The summed E-state index contributed by atoms with van der Waals surface area (Å²) in [5, 5.41) is 3.67. The number of nitrogens with zero attached hydrogens (tertiary/aromatic N) is 1. The minimum Gasteiger partial charge on any atom is -0.366 e. The van der Waals surface area contributed by atoms with Gasteiger partial charge >= 0.3 is 0 Å². The number of aromatic amines is 1. The van der Waals surface area contributed by atoms with Crippen LogP contribution in [0.5, 0.6) is 0 Å². The van der Waals surface area contributed by atoms with Crippen LogP contribution in [-0.4, -0.2) is 35.1 Å². The third kappa shape index (κ3) is 3.23. The Morgan fingerprint density at radius 2 is 2.43 bits per heavy atom. The van der Waals surface area contributed by atoms with E-state index in [1.807, 2.05) is 6.07 Å². The lowest BCUT2D eigenvalue weighted by molar-refractivity contribution is 0.0525. The normalized spacial score (nSPS) is 18.0. The number of hydrogen-bond acceptors (Lipinski definition) is 3. The highest BCUT2D eigenvalue weighted by Gasteiger charge is 2.11. The number of carbonyl (C=O) groups is 1. The predicted molar refractivity (Wildman–Crippen MR) is 79.8 cm³/mol. The zero-order valence-corrected chi connectivity index (χ0v) is 11.7. The van der Waals surface area contributed by atoms with Crippen molar-refractivity contribution in [3.05, 3.63) is 30.2 Å². The number of amides is 1. The SMILES string of the molecule is O=C(NCC#CC1CCCCO1)c1cncc2[nH]ccc12. The summed E-state index contributed by atoms with van der Waals surface area (Å²) in [6.45, 7) is 1.10. The number of rotatable bonds is 2. The van der Waals surface area contributed by atoms with Gasteiger partial charge in [0.1, 0.15) is 6.10 Å². The van der Waals surface area contributed by atoms with Crippen molar-refractivity contribution in [1.82, 2.24) is 15.3 Å². The van der Waals surface area contributed by atoms with Gasteiger partial charge in [0.25, 0.3) is 5.91 Å². The Bertz CT molecular complexity index is 690. The van der Waals surface area contributed by atoms with Gasteiger partial charge in [-0.1, -0.05) is 11.8 Å². The van der Waals surface area contributed by atoms with E-state index in [2.05, 4.69) is 27.1 Å². The van der Waals surface area contributed by atoms with Crippen LogP contribution in [0.15, 0.2) is 24.7 Å². The van der Waals surface area contributed by atoms with E-state index in [0.29, 0.717) is 12.1 Å². The van der Waals surface area contributed by atoms with Gasteiger partial charge in [0.15, 0.2) is 0 Å². The molecule has 2 aromatic rings. The van der Waals surface area contributed by atoms with Gasteiger partial charge in [-0.05, 0) is 25.3 Å². The molecule has 5 nitrogen and oxygen atoms in total. The third-order valence-corrected chi connectivity index (χ3v) is 3.50. The first-order valence-electron chi connectivity index (χ1n) is 7.14. The molecule has 1 saturated heterocycles. The van der Waals surface area contributed by atoms with E-state index in [4.69, 9.17) is 4.74 Å². The van der Waals surface area contributed by atoms with E-state index in [-0.39, 0.29) is 12.0 Å². The number of carbonyl (C=O) groups excluding carboxylic acids is 1. The topological polar surface area (TPSA) is 67.0 Å². The molecule has 3 heterocycles. The molecule has 1 unspecified atom stereocenters. The van der Waals surface area contributed by atoms with Crippen LogP contribution in [0.4, 0.5) is 0 Å². The zero-order valence-electron chi connectivity index (χ0n) is 11.7. The van der Waals surface area contributed by atoms with Crippen LogP contribution in [0.25, 0.3) is 10.9 Å². The van der Waals surface area contributed by atoms with Crippen LogP contribution < -0.4 is 5.32 Å². The first-order chi connectivity index (χ1) is 10.3. The molecule has 3 rings (SSSR count). The average Bonchev–Trinajstić information content (AvgIpc) is 3.01. The summed E-state index contributed by atoms with van der Waals surface area (Å²) in [6.07, 6.45) is 8.34. The molecule has 0 radical (unpaired) electrons. The predicted octanol–water partition coefficient (Wildman–Crippen LogP) is 1.87. The first kappa shape index (κ1) is 13.7. The van der Waals surface area contributed by atoms with Gasteiger partial charge in [-0.15, -0.1) is 0 Å². The highest BCUT2D eigenvalue weighted by molar-refractivity contribution is 6.05. The van der Waals surface area contributed by atoms with Gasteiger partial charge in [0, 0.05) is 24.4 Å². The Balaban J connectivity index is 1.59. The Hall–Kier alpha value is -2.32. The smallest absolute Gasteiger partial charge is 0.254 e. The summed E-state index contributed by atoms with van der Waals surface area (Å²) < 4.78 is 5.52. The fourth-order valence-corrected chi connectivity index (χ4v) is 2.40. The number of ether oxygens (including phenoxy) is 1. The molecule has 1 fully saturated rings. The molecule has 0 saturated carbocycles. The molecule has 0 aromatic carbocycles. The molecule has 2 N–H and O–H groups in total. The zero-order chi connectivity index (χ0) is 14.5. The lowest BCUT2D eigenvalue weighted by Crippen LogP contribution is -2.24. The molecule has 1 amide bonds. The lowest BCUT2D eigenvalue weighted by Gasteiger charge is -2.17. The van der Waals surface area contributed by atoms with Crippen LogP contribution in [0.2, 0.25) is 0 Å². The molecule has 108 valence electrons. The van der Waals surface area contributed by atoms with Crippen molar-refractivity contribution in [2.75, 3.05) is 13.2 Å². The van der Waals surface area contributed by atoms with E-state index >= 15 is 0 Å². The number of hydrogen-bond donors (Lipinski definition) is 2. The fourth-order valence-electron chi connectivity index (χ4n) is 2.40. The molecule has 21 heavy (non-hydrogen) atoms. The Labute approximate surface area is 123 Å². The number of aromatic nitrogens is 2. The van der Waals surface area contributed by atoms with Crippen LogP contribution in [0.1, 0.15) is 29.6 Å². The van der Waals surface area contributed by atoms with E-state index in [0.717, 1.165) is 36.8 Å². The van der Waals surface area contributed by atoms with Gasteiger partial charge in [-0.25, -0.2) is 0 Å². The van der Waals surface area contributed by atoms with Crippen molar-refractivity contribution in [3.8, 4) is 11.8 Å². The molecule has 0 aliphatic carbocycles. The second kappa shape index (κ2) is 6.42. The maximum Gasteiger partial charge on any atom is 0.254 e. The molecule has 1 aliphatic heterocycles. The summed E-state index contributed by atoms with van der Waals surface area (Å²) in [5.74, 6) is 5.85. The van der Waals surface area contributed by atoms with Gasteiger partial charge in [0.05, 0.1) is 23.8 Å². The van der Waals surface area contributed by atoms with Crippen molar-refractivity contribution in [1.29, 1.82) is 0 Å². The van der Waals surface area contributed by atoms with E-state index in [1.54, 1.807) is 18.6 Å². The van der Waals surface area contributed by atoms with Gasteiger partial charge in [-0.3, -0.25) is 9.78 Å². The number of pyridine rings is 1.